The molecule has 0 unspecified atom stereocenters. The van der Waals surface area contributed by atoms with E-state index in [1.165, 1.54) is 6.07 Å². The summed E-state index contributed by atoms with van der Waals surface area (Å²) >= 11 is 0. The molecular weight excluding hydrogens is 354 g/mol. The van der Waals surface area contributed by atoms with E-state index in [9.17, 15) is 18.7 Å². The predicted molar refractivity (Wildman–Crippen MR) is 96.0 cm³/mol. The van der Waals surface area contributed by atoms with Crippen molar-refractivity contribution in [3.63, 3.8) is 0 Å². The van der Waals surface area contributed by atoms with E-state index in [1.807, 2.05) is 0 Å². The van der Waals surface area contributed by atoms with Crippen molar-refractivity contribution in [2.45, 2.75) is 25.4 Å². The highest BCUT2D eigenvalue weighted by Gasteiger charge is 2.26. The molecule has 2 aromatic rings. The molecule has 2 heterocycles. The number of nitrogens with one attached hydrogen (secondary N) is 1. The first-order valence-corrected chi connectivity index (χ1v) is 8.93. The predicted octanol–water partition coefficient (Wildman–Crippen LogP) is 1.69. The molecule has 2 N–H and O–H groups in total. The van der Waals surface area contributed by atoms with Gasteiger partial charge in [0.05, 0.1) is 12.3 Å². The first-order valence-electron chi connectivity index (χ1n) is 8.93. The van der Waals surface area contributed by atoms with Crippen LogP contribution in [0.15, 0.2) is 36.8 Å². The summed E-state index contributed by atoms with van der Waals surface area (Å²) in [6, 6.07) is 3.23. The van der Waals surface area contributed by atoms with Crippen LogP contribution in [0.5, 0.6) is 0 Å². The molecule has 1 aromatic carbocycles. The molecule has 8 heteroatoms. The monoisotopic (exact) mass is 376 g/mol. The van der Waals surface area contributed by atoms with Gasteiger partial charge in [-0.15, -0.1) is 0 Å². The minimum atomic E-state index is -0.936. The lowest BCUT2D eigenvalue weighted by atomic mass is 9.96. The van der Waals surface area contributed by atoms with Crippen LogP contribution in [0.4, 0.5) is 14.6 Å². The molecule has 1 atom stereocenters. The maximum Gasteiger partial charge on any atom is 0.223 e. The van der Waals surface area contributed by atoms with E-state index < -0.39 is 17.7 Å². The molecule has 1 fully saturated rings. The quantitative estimate of drug-likeness (QED) is 0.802. The number of anilines is 1. The summed E-state index contributed by atoms with van der Waals surface area (Å²) in [5.41, 5.74) is 0.218. The Hall–Kier alpha value is -2.61. The Labute approximate surface area is 156 Å². The van der Waals surface area contributed by atoms with Gasteiger partial charge in [0.1, 0.15) is 17.5 Å². The van der Waals surface area contributed by atoms with E-state index in [2.05, 4.69) is 20.2 Å². The fourth-order valence-corrected chi connectivity index (χ4v) is 3.20. The lowest BCUT2D eigenvalue weighted by molar-refractivity contribution is -0.126. The van der Waals surface area contributed by atoms with Crippen molar-refractivity contribution in [2.24, 2.45) is 5.92 Å². The van der Waals surface area contributed by atoms with Crippen LogP contribution < -0.4 is 10.2 Å². The summed E-state index contributed by atoms with van der Waals surface area (Å²) < 4.78 is 26.5. The summed E-state index contributed by atoms with van der Waals surface area (Å²) in [7, 11) is 0. The van der Waals surface area contributed by atoms with E-state index in [4.69, 9.17) is 0 Å². The maximum atomic E-state index is 13.6. The van der Waals surface area contributed by atoms with Crippen LogP contribution in [0.3, 0.4) is 0 Å². The maximum absolute atomic E-state index is 13.6. The lowest BCUT2D eigenvalue weighted by Crippen LogP contribution is -2.43. The molecule has 0 bridgehead atoms. The number of halogens is 2. The van der Waals surface area contributed by atoms with Crippen molar-refractivity contribution in [1.82, 2.24) is 15.3 Å². The SMILES string of the molecule is O=C(NC[C@@H](O)Cc1ccc(F)cc1F)C1CCN(c2cnccn2)CC1. The van der Waals surface area contributed by atoms with Crippen LogP contribution in [-0.4, -0.2) is 46.7 Å². The van der Waals surface area contributed by atoms with Crippen molar-refractivity contribution in [3.8, 4) is 0 Å². The summed E-state index contributed by atoms with van der Waals surface area (Å²) in [5.74, 6) is -0.808. The van der Waals surface area contributed by atoms with E-state index in [0.717, 1.165) is 18.0 Å². The molecule has 3 rings (SSSR count). The van der Waals surface area contributed by atoms with Crippen LogP contribution in [-0.2, 0) is 11.2 Å². The number of benzene rings is 1. The van der Waals surface area contributed by atoms with E-state index in [1.54, 1.807) is 18.6 Å². The number of piperidine rings is 1. The second-order valence-electron chi connectivity index (χ2n) is 6.66. The first-order chi connectivity index (χ1) is 13.0. The number of aliphatic hydroxyl groups excluding tert-OH is 1. The molecule has 27 heavy (non-hydrogen) atoms. The number of nitrogens with zero attached hydrogens (tertiary/aromatic N) is 3. The first kappa shape index (κ1) is 19.2. The zero-order chi connectivity index (χ0) is 19.2. The van der Waals surface area contributed by atoms with Gasteiger partial charge in [-0.2, -0.15) is 0 Å². The van der Waals surface area contributed by atoms with Gasteiger partial charge in [-0.05, 0) is 24.5 Å². The van der Waals surface area contributed by atoms with Gasteiger partial charge in [-0.25, -0.2) is 13.8 Å². The van der Waals surface area contributed by atoms with Crippen LogP contribution in [0.1, 0.15) is 18.4 Å². The molecular formula is C19H22F2N4O2. The number of aromatic nitrogens is 2. The van der Waals surface area contributed by atoms with Gasteiger partial charge in [-0.1, -0.05) is 6.07 Å². The minimum Gasteiger partial charge on any atom is -0.391 e. The van der Waals surface area contributed by atoms with Crippen LogP contribution in [0.2, 0.25) is 0 Å². The molecule has 1 aliphatic rings. The highest BCUT2D eigenvalue weighted by molar-refractivity contribution is 5.79. The van der Waals surface area contributed by atoms with Crippen LogP contribution in [0.25, 0.3) is 0 Å². The molecule has 1 saturated heterocycles. The van der Waals surface area contributed by atoms with Gasteiger partial charge < -0.3 is 15.3 Å². The van der Waals surface area contributed by atoms with Crippen LogP contribution >= 0.6 is 0 Å². The van der Waals surface area contributed by atoms with Gasteiger partial charge >= 0.3 is 0 Å². The lowest BCUT2D eigenvalue weighted by Gasteiger charge is -2.32. The van der Waals surface area contributed by atoms with Gasteiger partial charge in [-0.3, -0.25) is 9.78 Å². The fraction of sp³-hybridized carbons (Fsp3) is 0.421. The zero-order valence-corrected chi connectivity index (χ0v) is 14.8. The number of carbonyl (C=O) groups is 1. The summed E-state index contributed by atoms with van der Waals surface area (Å²) in [5, 5.41) is 12.8. The van der Waals surface area contributed by atoms with E-state index in [0.29, 0.717) is 25.9 Å². The van der Waals surface area contributed by atoms with Gasteiger partial charge in [0, 0.05) is 50.4 Å². The Bertz CT molecular complexity index is 768. The highest BCUT2D eigenvalue weighted by atomic mass is 19.1. The molecule has 0 spiro atoms. The van der Waals surface area contributed by atoms with Gasteiger partial charge in [0.15, 0.2) is 0 Å². The standard InChI is InChI=1S/C19H22F2N4O2/c20-15-2-1-14(17(21)10-15)9-16(26)11-24-19(27)13-3-7-25(8-4-13)18-12-22-5-6-23-18/h1-2,5-6,10,12-13,16,26H,3-4,7-9,11H2,(H,24,27)/t16-/m0/s1. The van der Waals surface area contributed by atoms with Crippen molar-refractivity contribution < 1.29 is 18.7 Å². The van der Waals surface area contributed by atoms with E-state index in [-0.39, 0.29) is 30.4 Å². The van der Waals surface area contributed by atoms with Crippen LogP contribution in [0, 0.1) is 17.6 Å². The Morgan fingerprint density at radius 1 is 1.30 bits per heavy atom. The third-order valence-electron chi connectivity index (χ3n) is 4.72. The van der Waals surface area contributed by atoms with Gasteiger partial charge in [0.25, 0.3) is 0 Å². The second-order valence-corrected chi connectivity index (χ2v) is 6.66. The topological polar surface area (TPSA) is 78.4 Å². The highest BCUT2D eigenvalue weighted by Crippen LogP contribution is 2.21. The fourth-order valence-electron chi connectivity index (χ4n) is 3.20. The average molecular weight is 376 g/mol. The Morgan fingerprint density at radius 3 is 2.74 bits per heavy atom. The molecule has 1 amide bonds. The van der Waals surface area contributed by atoms with Crippen molar-refractivity contribution in [3.05, 3.63) is 54.0 Å². The smallest absolute Gasteiger partial charge is 0.223 e. The average Bonchev–Trinajstić information content (AvgIpc) is 2.69. The zero-order valence-electron chi connectivity index (χ0n) is 14.8. The molecule has 0 radical (unpaired) electrons. The van der Waals surface area contributed by atoms with Crippen molar-refractivity contribution >= 4 is 11.7 Å². The normalized spacial score (nSPS) is 16.2. The third-order valence-corrected chi connectivity index (χ3v) is 4.72. The number of rotatable bonds is 6. The molecule has 6 nitrogen and oxygen atoms in total. The van der Waals surface area contributed by atoms with Crippen molar-refractivity contribution in [2.75, 3.05) is 24.5 Å². The summed E-state index contributed by atoms with van der Waals surface area (Å²) in [6.07, 6.45) is 5.40. The Morgan fingerprint density at radius 2 is 2.07 bits per heavy atom. The number of hydrogen-bond donors (Lipinski definition) is 2. The molecule has 1 aliphatic heterocycles. The Balaban J connectivity index is 1.43. The third kappa shape index (κ3) is 5.19. The minimum absolute atomic E-state index is 0.0114. The number of hydrogen-bond acceptors (Lipinski definition) is 5. The van der Waals surface area contributed by atoms with E-state index >= 15 is 0 Å². The van der Waals surface area contributed by atoms with Crippen molar-refractivity contribution in [1.29, 1.82) is 0 Å². The number of carbonyl (C=O) groups excluding carboxylic acids is 1. The molecule has 0 aliphatic carbocycles. The van der Waals surface area contributed by atoms with Gasteiger partial charge in [0.2, 0.25) is 5.91 Å². The summed E-state index contributed by atoms with van der Waals surface area (Å²) in [6.45, 7) is 1.44. The molecule has 0 saturated carbocycles. The number of aliphatic hydroxyl groups is 1. The largest absolute Gasteiger partial charge is 0.391 e. The molecule has 1 aromatic heterocycles. The second kappa shape index (κ2) is 8.85. The summed E-state index contributed by atoms with van der Waals surface area (Å²) in [4.78, 5) is 22.7. The molecule has 144 valence electrons. The number of amides is 1. The Kier molecular flexibility index (Phi) is 6.28.